The molecule has 0 atom stereocenters. The molecule has 1 aliphatic carbocycles. The van der Waals surface area contributed by atoms with Crippen molar-refractivity contribution in [1.29, 1.82) is 0 Å². The van der Waals surface area contributed by atoms with Crippen LogP contribution in [0.2, 0.25) is 5.02 Å². The quantitative estimate of drug-likeness (QED) is 0.806. The third-order valence-corrected chi connectivity index (χ3v) is 6.23. The van der Waals surface area contributed by atoms with Gasteiger partial charge in [0.25, 0.3) is 0 Å². The van der Waals surface area contributed by atoms with Gasteiger partial charge >= 0.3 is 5.97 Å². The fourth-order valence-corrected chi connectivity index (χ4v) is 4.45. The molecule has 0 saturated heterocycles. The van der Waals surface area contributed by atoms with Gasteiger partial charge in [-0.2, -0.15) is 0 Å². The molecule has 8 heteroatoms. The monoisotopic (exact) mass is 382 g/mol. The van der Waals surface area contributed by atoms with Crippen LogP contribution in [-0.4, -0.2) is 32.1 Å². The van der Waals surface area contributed by atoms with Gasteiger partial charge in [-0.25, -0.2) is 17.9 Å². The van der Waals surface area contributed by atoms with E-state index in [-0.39, 0.29) is 16.6 Å². The van der Waals surface area contributed by atoms with E-state index in [2.05, 4.69) is 9.46 Å². The van der Waals surface area contributed by atoms with Crippen LogP contribution in [0.4, 0.5) is 0 Å². The molecule has 134 valence electrons. The average molecular weight is 383 g/mol. The molecule has 0 unspecified atom stereocenters. The predicted octanol–water partition coefficient (Wildman–Crippen LogP) is 2.69. The molecule has 2 aromatic rings. The Morgan fingerprint density at radius 2 is 1.92 bits per heavy atom. The van der Waals surface area contributed by atoms with Crippen LogP contribution in [0.3, 0.4) is 0 Å². The topological polar surface area (TPSA) is 77.4 Å². The van der Waals surface area contributed by atoms with Crippen LogP contribution in [0.5, 0.6) is 0 Å². The Hall–Kier alpha value is -1.83. The van der Waals surface area contributed by atoms with E-state index in [1.54, 1.807) is 7.05 Å². The number of methoxy groups -OCH3 is 1. The molecular weight excluding hydrogens is 364 g/mol. The van der Waals surface area contributed by atoms with E-state index in [1.807, 2.05) is 24.3 Å². The van der Waals surface area contributed by atoms with Gasteiger partial charge in [-0.05, 0) is 42.5 Å². The largest absolute Gasteiger partial charge is 0.464 e. The minimum atomic E-state index is -3.68. The van der Waals surface area contributed by atoms with Crippen molar-refractivity contribution in [3.63, 3.8) is 0 Å². The normalized spacial score (nSPS) is 20.1. The van der Waals surface area contributed by atoms with Crippen LogP contribution in [-0.2, 0) is 21.8 Å². The van der Waals surface area contributed by atoms with Crippen molar-refractivity contribution in [2.75, 3.05) is 7.11 Å². The highest BCUT2D eigenvalue weighted by molar-refractivity contribution is 7.89. The summed E-state index contributed by atoms with van der Waals surface area (Å²) in [6, 6.07) is 8.82. The molecule has 1 saturated carbocycles. The van der Waals surface area contributed by atoms with Gasteiger partial charge in [0.2, 0.25) is 10.0 Å². The maximum absolute atomic E-state index is 12.5. The van der Waals surface area contributed by atoms with Crippen LogP contribution >= 0.6 is 11.6 Å². The minimum Gasteiger partial charge on any atom is -0.464 e. The summed E-state index contributed by atoms with van der Waals surface area (Å²) in [6.45, 7) is 0. The first-order valence-corrected chi connectivity index (χ1v) is 9.68. The Morgan fingerprint density at radius 1 is 1.28 bits per heavy atom. The molecule has 1 N–H and O–H groups in total. The molecule has 3 rings (SSSR count). The molecule has 1 fully saturated rings. The summed E-state index contributed by atoms with van der Waals surface area (Å²) in [4.78, 5) is 11.7. The van der Waals surface area contributed by atoms with Crippen molar-refractivity contribution in [2.24, 2.45) is 7.05 Å². The number of halogens is 1. The first-order chi connectivity index (χ1) is 11.8. The van der Waals surface area contributed by atoms with Gasteiger partial charge in [-0.15, -0.1) is 0 Å². The third kappa shape index (κ3) is 3.73. The van der Waals surface area contributed by atoms with Gasteiger partial charge in [-0.3, -0.25) is 0 Å². The molecule has 1 aromatic carbocycles. The van der Waals surface area contributed by atoms with Crippen LogP contribution in [0, 0.1) is 0 Å². The number of rotatable bonds is 5. The fourth-order valence-electron chi connectivity index (χ4n) is 3.00. The Kier molecular flexibility index (Phi) is 4.90. The number of nitrogens with one attached hydrogen (secondary N) is 1. The average Bonchev–Trinajstić information content (AvgIpc) is 2.94. The van der Waals surface area contributed by atoms with Crippen molar-refractivity contribution in [3.8, 4) is 0 Å². The number of sulfonamides is 1. The number of nitrogens with zero attached hydrogens (tertiary/aromatic N) is 1. The second kappa shape index (κ2) is 6.82. The molecule has 1 aliphatic rings. The van der Waals surface area contributed by atoms with Crippen LogP contribution in [0.1, 0.15) is 34.8 Å². The zero-order valence-electron chi connectivity index (χ0n) is 13.9. The van der Waals surface area contributed by atoms with E-state index in [4.69, 9.17) is 11.6 Å². The van der Waals surface area contributed by atoms with Gasteiger partial charge in [0, 0.05) is 24.3 Å². The van der Waals surface area contributed by atoms with Crippen molar-refractivity contribution in [1.82, 2.24) is 9.29 Å². The molecular formula is C17H19ClN2O4S. The summed E-state index contributed by atoms with van der Waals surface area (Å²) >= 11 is 5.88. The minimum absolute atomic E-state index is 0.0605. The molecule has 0 radical (unpaired) electrons. The van der Waals surface area contributed by atoms with Crippen LogP contribution < -0.4 is 4.72 Å². The second-order valence-electron chi connectivity index (χ2n) is 6.20. The Labute approximate surface area is 151 Å². The van der Waals surface area contributed by atoms with Gasteiger partial charge in [-0.1, -0.05) is 23.7 Å². The van der Waals surface area contributed by atoms with Gasteiger partial charge < -0.3 is 9.30 Å². The molecule has 1 aromatic heterocycles. The van der Waals surface area contributed by atoms with Gasteiger partial charge in [0.15, 0.2) is 0 Å². The number of aromatic nitrogens is 1. The van der Waals surface area contributed by atoms with Crippen LogP contribution in [0.15, 0.2) is 41.4 Å². The van der Waals surface area contributed by atoms with E-state index in [9.17, 15) is 13.2 Å². The lowest BCUT2D eigenvalue weighted by Gasteiger charge is -2.35. The molecule has 0 bridgehead atoms. The second-order valence-corrected chi connectivity index (χ2v) is 8.35. The number of carbonyl (C=O) groups is 1. The first-order valence-electron chi connectivity index (χ1n) is 7.82. The number of aryl methyl sites for hydroxylation is 1. The van der Waals surface area contributed by atoms with Gasteiger partial charge in [0.05, 0.1) is 7.11 Å². The van der Waals surface area contributed by atoms with E-state index in [1.165, 1.54) is 23.9 Å². The van der Waals surface area contributed by atoms with Gasteiger partial charge in [0.1, 0.15) is 10.6 Å². The Bertz CT molecular complexity index is 884. The number of carbonyl (C=O) groups excluding carboxylic acids is 1. The highest BCUT2D eigenvalue weighted by Gasteiger charge is 2.34. The fraction of sp³-hybridized carbons (Fsp3) is 0.353. The number of benzene rings is 1. The maximum Gasteiger partial charge on any atom is 0.354 e. The Morgan fingerprint density at radius 3 is 2.52 bits per heavy atom. The third-order valence-electron chi connectivity index (χ3n) is 4.49. The maximum atomic E-state index is 12.5. The van der Waals surface area contributed by atoms with Crippen molar-refractivity contribution < 1.29 is 17.9 Å². The molecule has 6 nitrogen and oxygen atoms in total. The first kappa shape index (κ1) is 18.0. The SMILES string of the molecule is COC(=O)c1cc(S(=O)(=O)NC2CC(c3ccc(Cl)cc3)C2)cn1C. The van der Waals surface area contributed by atoms with E-state index >= 15 is 0 Å². The number of hydrogen-bond donors (Lipinski definition) is 1. The van der Waals surface area contributed by atoms with Crippen molar-refractivity contribution >= 4 is 27.6 Å². The standard InChI is InChI=1S/C17H19ClN2O4S/c1-20-10-15(9-16(20)17(21)24-2)25(22,23)19-14-7-12(8-14)11-3-5-13(18)6-4-11/h3-6,9-10,12,14,19H,7-8H2,1-2H3. The van der Waals surface area contributed by atoms with E-state index in [0.717, 1.165) is 18.4 Å². The summed E-state index contributed by atoms with van der Waals surface area (Å²) in [5.74, 6) is -0.248. The zero-order chi connectivity index (χ0) is 18.2. The zero-order valence-corrected chi connectivity index (χ0v) is 15.5. The van der Waals surface area contributed by atoms with Crippen molar-refractivity contribution in [3.05, 3.63) is 52.8 Å². The van der Waals surface area contributed by atoms with Crippen molar-refractivity contribution in [2.45, 2.75) is 29.7 Å². The Balaban J connectivity index is 1.65. The summed E-state index contributed by atoms with van der Waals surface area (Å²) in [7, 11) is -0.816. The lowest BCUT2D eigenvalue weighted by molar-refractivity contribution is 0.0590. The molecule has 0 spiro atoms. The molecule has 1 heterocycles. The number of esters is 1. The van der Waals surface area contributed by atoms with E-state index < -0.39 is 16.0 Å². The van der Waals surface area contributed by atoms with E-state index in [0.29, 0.717) is 10.9 Å². The number of ether oxygens (including phenoxy) is 1. The smallest absolute Gasteiger partial charge is 0.354 e. The molecule has 25 heavy (non-hydrogen) atoms. The lowest BCUT2D eigenvalue weighted by atomic mass is 9.76. The highest BCUT2D eigenvalue weighted by Crippen LogP contribution is 2.37. The summed E-state index contributed by atoms with van der Waals surface area (Å²) in [5.41, 5.74) is 1.35. The summed E-state index contributed by atoms with van der Waals surface area (Å²) in [5, 5.41) is 0.686. The highest BCUT2D eigenvalue weighted by atomic mass is 35.5. The predicted molar refractivity (Wildman–Crippen MR) is 94.3 cm³/mol. The summed E-state index contributed by atoms with van der Waals surface area (Å²) in [6.07, 6.45) is 2.87. The van der Waals surface area contributed by atoms with Crippen LogP contribution in [0.25, 0.3) is 0 Å². The molecule has 0 amide bonds. The summed E-state index contributed by atoms with van der Waals surface area (Å²) < 4.78 is 33.8. The lowest BCUT2D eigenvalue weighted by Crippen LogP contribution is -2.43. The molecule has 0 aliphatic heterocycles. The number of hydrogen-bond acceptors (Lipinski definition) is 4.